The van der Waals surface area contributed by atoms with Gasteiger partial charge in [0.1, 0.15) is 18.8 Å². The van der Waals surface area contributed by atoms with Crippen molar-refractivity contribution >= 4 is 0 Å². The van der Waals surface area contributed by atoms with Crippen molar-refractivity contribution in [3.8, 4) is 0 Å². The standard InChI is InChI=1S/C9H13N5O/c1-13-5-3-10-8(13)2-4-14-7-11-12-9(14)6-15/h3,5,7,15H,2,4,6H2,1H3. The Morgan fingerprint density at radius 2 is 2.27 bits per heavy atom. The third-order valence-corrected chi connectivity index (χ3v) is 2.33. The first kappa shape index (κ1) is 9.85. The van der Waals surface area contributed by atoms with Gasteiger partial charge in [0.2, 0.25) is 0 Å². The molecule has 2 aromatic heterocycles. The highest BCUT2D eigenvalue weighted by Gasteiger charge is 2.04. The van der Waals surface area contributed by atoms with E-state index in [1.54, 1.807) is 12.5 Å². The van der Waals surface area contributed by atoms with Crippen molar-refractivity contribution in [1.82, 2.24) is 24.3 Å². The largest absolute Gasteiger partial charge is 0.388 e. The van der Waals surface area contributed by atoms with E-state index in [1.807, 2.05) is 22.4 Å². The zero-order chi connectivity index (χ0) is 10.7. The van der Waals surface area contributed by atoms with Crippen molar-refractivity contribution in [2.24, 2.45) is 7.05 Å². The third kappa shape index (κ3) is 2.04. The van der Waals surface area contributed by atoms with Crippen LogP contribution in [0.4, 0.5) is 0 Å². The molecule has 6 nitrogen and oxygen atoms in total. The number of aliphatic hydroxyl groups excluding tert-OH is 1. The summed E-state index contributed by atoms with van der Waals surface area (Å²) >= 11 is 0. The average molecular weight is 207 g/mol. The Labute approximate surface area is 87.2 Å². The summed E-state index contributed by atoms with van der Waals surface area (Å²) in [5, 5.41) is 16.5. The molecular formula is C9H13N5O. The molecule has 15 heavy (non-hydrogen) atoms. The maximum Gasteiger partial charge on any atom is 0.158 e. The molecule has 0 aliphatic rings. The number of nitrogens with zero attached hydrogens (tertiary/aromatic N) is 5. The number of rotatable bonds is 4. The van der Waals surface area contributed by atoms with Gasteiger partial charge < -0.3 is 14.2 Å². The maximum absolute atomic E-state index is 8.97. The molecule has 0 radical (unpaired) electrons. The van der Waals surface area contributed by atoms with Gasteiger partial charge in [-0.25, -0.2) is 4.98 Å². The van der Waals surface area contributed by atoms with E-state index in [9.17, 15) is 0 Å². The molecule has 2 rings (SSSR count). The van der Waals surface area contributed by atoms with Gasteiger partial charge >= 0.3 is 0 Å². The van der Waals surface area contributed by atoms with Gasteiger partial charge in [-0.2, -0.15) is 0 Å². The van der Waals surface area contributed by atoms with Gasteiger partial charge in [0, 0.05) is 32.4 Å². The molecule has 0 aromatic carbocycles. The van der Waals surface area contributed by atoms with Crippen molar-refractivity contribution in [2.45, 2.75) is 19.6 Å². The minimum absolute atomic E-state index is 0.0828. The first-order valence-electron chi connectivity index (χ1n) is 4.75. The second-order valence-electron chi connectivity index (χ2n) is 3.30. The van der Waals surface area contributed by atoms with Crippen molar-refractivity contribution in [3.63, 3.8) is 0 Å². The highest BCUT2D eigenvalue weighted by Crippen LogP contribution is 2.00. The van der Waals surface area contributed by atoms with E-state index in [1.165, 1.54) is 0 Å². The van der Waals surface area contributed by atoms with Crippen LogP contribution in [0.2, 0.25) is 0 Å². The first-order chi connectivity index (χ1) is 7.31. The summed E-state index contributed by atoms with van der Waals surface area (Å²) in [7, 11) is 1.96. The predicted molar refractivity (Wildman–Crippen MR) is 52.9 cm³/mol. The highest BCUT2D eigenvalue weighted by molar-refractivity contribution is 4.92. The molecule has 0 spiro atoms. The maximum atomic E-state index is 8.97. The van der Waals surface area contributed by atoms with Crippen molar-refractivity contribution in [2.75, 3.05) is 0 Å². The first-order valence-corrected chi connectivity index (χ1v) is 4.75. The van der Waals surface area contributed by atoms with Crippen LogP contribution < -0.4 is 0 Å². The van der Waals surface area contributed by atoms with E-state index in [0.29, 0.717) is 5.82 Å². The van der Waals surface area contributed by atoms with Gasteiger partial charge in [-0.1, -0.05) is 0 Å². The van der Waals surface area contributed by atoms with Gasteiger partial charge in [0.25, 0.3) is 0 Å². The lowest BCUT2D eigenvalue weighted by Gasteiger charge is -2.04. The van der Waals surface area contributed by atoms with Crippen LogP contribution in [-0.2, 0) is 26.6 Å². The Balaban J connectivity index is 2.02. The van der Waals surface area contributed by atoms with Crippen LogP contribution in [0.1, 0.15) is 11.6 Å². The summed E-state index contributed by atoms with van der Waals surface area (Å²) in [6, 6.07) is 0. The summed E-state index contributed by atoms with van der Waals surface area (Å²) < 4.78 is 3.80. The Kier molecular flexibility index (Phi) is 2.77. The zero-order valence-corrected chi connectivity index (χ0v) is 8.54. The smallest absolute Gasteiger partial charge is 0.158 e. The van der Waals surface area contributed by atoms with Gasteiger partial charge in [0.05, 0.1) is 0 Å². The Morgan fingerprint density at radius 1 is 1.40 bits per heavy atom. The Hall–Kier alpha value is -1.69. The number of aliphatic hydroxyl groups is 1. The van der Waals surface area contributed by atoms with Crippen LogP contribution in [-0.4, -0.2) is 29.4 Å². The summed E-state index contributed by atoms with van der Waals surface area (Å²) in [5.74, 6) is 1.59. The van der Waals surface area contributed by atoms with Gasteiger partial charge in [-0.3, -0.25) is 0 Å². The van der Waals surface area contributed by atoms with E-state index in [-0.39, 0.29) is 6.61 Å². The van der Waals surface area contributed by atoms with Gasteiger partial charge in [-0.05, 0) is 0 Å². The summed E-state index contributed by atoms with van der Waals surface area (Å²) in [5.41, 5.74) is 0. The number of imidazole rings is 1. The van der Waals surface area contributed by atoms with Crippen molar-refractivity contribution in [3.05, 3.63) is 30.4 Å². The molecule has 2 aromatic rings. The monoisotopic (exact) mass is 207 g/mol. The molecule has 80 valence electrons. The molecule has 0 aliphatic heterocycles. The molecule has 0 saturated heterocycles. The molecule has 0 aliphatic carbocycles. The molecule has 6 heteroatoms. The van der Waals surface area contributed by atoms with Crippen LogP contribution in [0.25, 0.3) is 0 Å². The van der Waals surface area contributed by atoms with Crippen LogP contribution in [0.5, 0.6) is 0 Å². The van der Waals surface area contributed by atoms with Crippen molar-refractivity contribution in [1.29, 1.82) is 0 Å². The Morgan fingerprint density at radius 3 is 2.93 bits per heavy atom. The molecular weight excluding hydrogens is 194 g/mol. The van der Waals surface area contributed by atoms with E-state index in [2.05, 4.69) is 15.2 Å². The van der Waals surface area contributed by atoms with Crippen LogP contribution in [0, 0.1) is 0 Å². The fourth-order valence-corrected chi connectivity index (χ4v) is 1.45. The molecule has 0 bridgehead atoms. The van der Waals surface area contributed by atoms with E-state index in [4.69, 9.17) is 5.11 Å². The lowest BCUT2D eigenvalue weighted by molar-refractivity contribution is 0.264. The normalized spacial score (nSPS) is 10.8. The molecule has 0 atom stereocenters. The molecule has 0 saturated carbocycles. The third-order valence-electron chi connectivity index (χ3n) is 2.33. The lowest BCUT2D eigenvalue weighted by Crippen LogP contribution is -2.08. The molecule has 0 unspecified atom stereocenters. The molecule has 2 heterocycles. The number of aryl methyl sites for hydroxylation is 3. The quantitative estimate of drug-likeness (QED) is 0.750. The number of hydrogen-bond donors (Lipinski definition) is 1. The lowest BCUT2D eigenvalue weighted by atomic mass is 10.4. The minimum Gasteiger partial charge on any atom is -0.388 e. The SMILES string of the molecule is Cn1ccnc1CCn1cnnc1CO. The van der Waals surface area contributed by atoms with Gasteiger partial charge in [-0.15, -0.1) is 10.2 Å². The molecule has 0 fully saturated rings. The zero-order valence-electron chi connectivity index (χ0n) is 8.54. The average Bonchev–Trinajstić information content (AvgIpc) is 2.83. The summed E-state index contributed by atoms with van der Waals surface area (Å²) in [4.78, 5) is 4.22. The second-order valence-corrected chi connectivity index (χ2v) is 3.30. The highest BCUT2D eigenvalue weighted by atomic mass is 16.3. The molecule has 0 amide bonds. The summed E-state index contributed by atoms with van der Waals surface area (Å²) in [6.45, 7) is 0.647. The van der Waals surface area contributed by atoms with E-state index in [0.717, 1.165) is 18.8 Å². The van der Waals surface area contributed by atoms with Crippen molar-refractivity contribution < 1.29 is 5.11 Å². The number of aromatic nitrogens is 5. The van der Waals surface area contributed by atoms with Crippen LogP contribution >= 0.6 is 0 Å². The fraction of sp³-hybridized carbons (Fsp3) is 0.444. The second kappa shape index (κ2) is 4.22. The van der Waals surface area contributed by atoms with E-state index < -0.39 is 0 Å². The fourth-order valence-electron chi connectivity index (χ4n) is 1.45. The number of hydrogen-bond acceptors (Lipinski definition) is 4. The predicted octanol–water partition coefficient (Wildman–Crippen LogP) is -0.253. The summed E-state index contributed by atoms with van der Waals surface area (Å²) in [6.07, 6.45) is 6.10. The molecule has 1 N–H and O–H groups in total. The van der Waals surface area contributed by atoms with E-state index >= 15 is 0 Å². The van der Waals surface area contributed by atoms with Crippen LogP contribution in [0.3, 0.4) is 0 Å². The minimum atomic E-state index is -0.0828. The van der Waals surface area contributed by atoms with Gasteiger partial charge in [0.15, 0.2) is 5.82 Å². The Bertz CT molecular complexity index is 433. The van der Waals surface area contributed by atoms with Crippen LogP contribution in [0.15, 0.2) is 18.7 Å². The topological polar surface area (TPSA) is 68.8 Å².